The van der Waals surface area contributed by atoms with Gasteiger partial charge < -0.3 is 5.32 Å². The Morgan fingerprint density at radius 1 is 2.00 bits per heavy atom. The molecule has 5 heteroatoms. The summed E-state index contributed by atoms with van der Waals surface area (Å²) >= 11 is 1.20. The third-order valence-corrected chi connectivity index (χ3v) is 1.96. The van der Waals surface area contributed by atoms with Crippen molar-refractivity contribution in [3.8, 4) is 0 Å². The Kier molecular flexibility index (Phi) is 2.32. The lowest BCUT2D eigenvalue weighted by molar-refractivity contribution is -0.244. The maximum Gasteiger partial charge on any atom is 0.279 e. The lowest BCUT2D eigenvalue weighted by atomic mass is 10.4. The summed E-state index contributed by atoms with van der Waals surface area (Å²) < 4.78 is 0. The van der Waals surface area contributed by atoms with Crippen LogP contribution in [0.1, 0.15) is 0 Å². The minimum Gasteiger partial charge on any atom is -0.341 e. The molecule has 1 aliphatic heterocycles. The summed E-state index contributed by atoms with van der Waals surface area (Å²) in [5.41, 5.74) is 0. The first-order chi connectivity index (χ1) is 4.33. The first-order valence-electron chi connectivity index (χ1n) is 2.52. The normalized spacial score (nSPS) is 26.3. The zero-order chi connectivity index (χ0) is 6.69. The lowest BCUT2D eigenvalue weighted by Gasteiger charge is -2.03. The van der Waals surface area contributed by atoms with E-state index in [0.717, 1.165) is 0 Å². The van der Waals surface area contributed by atoms with Crippen LogP contribution in [0.5, 0.6) is 0 Å². The van der Waals surface area contributed by atoms with Crippen molar-refractivity contribution < 1.29 is 14.9 Å². The Labute approximate surface area is 56.5 Å². The van der Waals surface area contributed by atoms with Crippen molar-refractivity contribution in [2.24, 2.45) is 0 Å². The van der Waals surface area contributed by atoms with Crippen LogP contribution in [-0.4, -0.2) is 28.9 Å². The number of hydrogen-bond acceptors (Lipinski definition) is 4. The van der Waals surface area contributed by atoms with Crippen LogP contribution in [-0.2, 0) is 4.89 Å². The van der Waals surface area contributed by atoms with Gasteiger partial charge in [-0.15, -0.1) is 0 Å². The van der Waals surface area contributed by atoms with Crippen LogP contribution in [0, 0.1) is 0 Å². The highest BCUT2D eigenvalue weighted by molar-refractivity contribution is 8.13. The van der Waals surface area contributed by atoms with Crippen molar-refractivity contribution >= 4 is 17.0 Å². The van der Waals surface area contributed by atoms with Crippen LogP contribution >= 0.6 is 11.8 Å². The first kappa shape index (κ1) is 6.85. The van der Waals surface area contributed by atoms with Gasteiger partial charge in [-0.2, -0.15) is 0 Å². The molecule has 1 heterocycles. The van der Waals surface area contributed by atoms with E-state index in [1.54, 1.807) is 0 Å². The average Bonchev–Trinajstić information content (AvgIpc) is 2.17. The van der Waals surface area contributed by atoms with E-state index in [1.807, 2.05) is 0 Å². The minimum atomic E-state index is -0.0444. The van der Waals surface area contributed by atoms with Crippen molar-refractivity contribution in [2.75, 3.05) is 12.4 Å². The predicted molar refractivity (Wildman–Crippen MR) is 33.4 cm³/mol. The van der Waals surface area contributed by atoms with Crippen molar-refractivity contribution in [1.82, 2.24) is 5.32 Å². The summed E-state index contributed by atoms with van der Waals surface area (Å²) in [4.78, 5) is 14.3. The SMILES string of the molecule is O=C1NC(COO)CS1. The van der Waals surface area contributed by atoms with Crippen LogP contribution in [0.25, 0.3) is 0 Å². The maximum atomic E-state index is 10.4. The number of carbonyl (C=O) groups excluding carboxylic acids is 1. The molecule has 1 amide bonds. The standard InChI is InChI=1S/C4H7NO3S/c6-4-5-3(1-8-7)2-9-4/h3,7H,1-2H2,(H,5,6). The summed E-state index contributed by atoms with van der Waals surface area (Å²) in [7, 11) is 0. The zero-order valence-electron chi connectivity index (χ0n) is 4.66. The van der Waals surface area contributed by atoms with Gasteiger partial charge in [0.05, 0.1) is 6.04 Å². The van der Waals surface area contributed by atoms with E-state index in [2.05, 4.69) is 10.2 Å². The fraction of sp³-hybridized carbons (Fsp3) is 0.750. The number of rotatable bonds is 2. The third kappa shape index (κ3) is 1.85. The monoisotopic (exact) mass is 149 g/mol. The van der Waals surface area contributed by atoms with Gasteiger partial charge >= 0.3 is 0 Å². The molecule has 1 rings (SSSR count). The molecule has 1 aliphatic rings. The second-order valence-corrected chi connectivity index (χ2v) is 2.73. The second kappa shape index (κ2) is 3.05. The third-order valence-electron chi connectivity index (χ3n) is 1.01. The molecule has 4 nitrogen and oxygen atoms in total. The number of nitrogens with one attached hydrogen (secondary N) is 1. The van der Waals surface area contributed by atoms with Gasteiger partial charge in [0.1, 0.15) is 6.61 Å². The topological polar surface area (TPSA) is 58.6 Å². The fourth-order valence-electron chi connectivity index (χ4n) is 0.606. The van der Waals surface area contributed by atoms with Crippen molar-refractivity contribution in [1.29, 1.82) is 0 Å². The molecule has 52 valence electrons. The molecule has 0 aromatic heterocycles. The highest BCUT2D eigenvalue weighted by Gasteiger charge is 2.21. The Bertz CT molecular complexity index is 118. The molecular formula is C4H7NO3S. The van der Waals surface area contributed by atoms with Crippen LogP contribution in [0.2, 0.25) is 0 Å². The molecule has 0 spiro atoms. The maximum absolute atomic E-state index is 10.4. The molecule has 0 bridgehead atoms. The van der Waals surface area contributed by atoms with Crippen molar-refractivity contribution in [3.63, 3.8) is 0 Å². The molecule has 1 unspecified atom stereocenters. The number of hydrogen-bond donors (Lipinski definition) is 2. The molecule has 0 saturated carbocycles. The van der Waals surface area contributed by atoms with Gasteiger partial charge in [0.15, 0.2) is 0 Å². The van der Waals surface area contributed by atoms with Crippen LogP contribution in [0.15, 0.2) is 0 Å². The molecular weight excluding hydrogens is 142 g/mol. The molecule has 0 aromatic carbocycles. The average molecular weight is 149 g/mol. The second-order valence-electron chi connectivity index (χ2n) is 1.74. The highest BCUT2D eigenvalue weighted by Crippen LogP contribution is 2.12. The molecule has 2 N–H and O–H groups in total. The van der Waals surface area contributed by atoms with Crippen molar-refractivity contribution in [3.05, 3.63) is 0 Å². The van der Waals surface area contributed by atoms with Gasteiger partial charge in [0.25, 0.3) is 5.24 Å². The summed E-state index contributed by atoms with van der Waals surface area (Å²) in [6.45, 7) is 0.179. The van der Waals surface area contributed by atoms with Gasteiger partial charge in [0.2, 0.25) is 0 Å². The smallest absolute Gasteiger partial charge is 0.279 e. The largest absolute Gasteiger partial charge is 0.341 e. The quantitative estimate of drug-likeness (QED) is 0.438. The van der Waals surface area contributed by atoms with E-state index in [9.17, 15) is 4.79 Å². The number of amides is 1. The van der Waals surface area contributed by atoms with Crippen molar-refractivity contribution in [2.45, 2.75) is 6.04 Å². The van der Waals surface area contributed by atoms with E-state index in [0.29, 0.717) is 5.75 Å². The summed E-state index contributed by atoms with van der Waals surface area (Å²) in [6.07, 6.45) is 0. The summed E-state index contributed by atoms with van der Waals surface area (Å²) in [5.74, 6) is 0.680. The predicted octanol–water partition coefficient (Wildman–Crippen LogP) is 0.301. The zero-order valence-corrected chi connectivity index (χ0v) is 5.48. The lowest BCUT2D eigenvalue weighted by Crippen LogP contribution is -2.30. The molecule has 1 fully saturated rings. The molecule has 1 saturated heterocycles. The van der Waals surface area contributed by atoms with E-state index < -0.39 is 0 Å². The van der Waals surface area contributed by atoms with E-state index in [4.69, 9.17) is 5.26 Å². The van der Waals surface area contributed by atoms with Gasteiger partial charge in [-0.05, 0) is 0 Å². The van der Waals surface area contributed by atoms with Gasteiger partial charge in [0, 0.05) is 5.75 Å². The van der Waals surface area contributed by atoms with Crippen LogP contribution in [0.3, 0.4) is 0 Å². The Morgan fingerprint density at radius 3 is 3.22 bits per heavy atom. The van der Waals surface area contributed by atoms with Crippen LogP contribution < -0.4 is 5.32 Å². The molecule has 0 aliphatic carbocycles. The van der Waals surface area contributed by atoms with Gasteiger partial charge in [-0.25, -0.2) is 4.89 Å². The molecule has 0 radical (unpaired) electrons. The number of carbonyl (C=O) groups is 1. The highest BCUT2D eigenvalue weighted by atomic mass is 32.2. The minimum absolute atomic E-state index is 0.0208. The van der Waals surface area contributed by atoms with Gasteiger partial charge in [-0.1, -0.05) is 11.8 Å². The Balaban J connectivity index is 2.22. The number of thioether (sulfide) groups is 1. The van der Waals surface area contributed by atoms with Gasteiger partial charge in [-0.3, -0.25) is 10.1 Å². The molecule has 0 aromatic rings. The summed E-state index contributed by atoms with van der Waals surface area (Å²) in [6, 6.07) is -0.0208. The summed E-state index contributed by atoms with van der Waals surface area (Å²) in [5, 5.41) is 10.5. The van der Waals surface area contributed by atoms with Crippen LogP contribution in [0.4, 0.5) is 4.79 Å². The Morgan fingerprint density at radius 2 is 2.78 bits per heavy atom. The van der Waals surface area contributed by atoms with E-state index in [1.165, 1.54) is 11.8 Å². The molecule has 1 atom stereocenters. The molecule has 9 heavy (non-hydrogen) atoms. The first-order valence-corrected chi connectivity index (χ1v) is 3.51. The van der Waals surface area contributed by atoms with E-state index >= 15 is 0 Å². The Hall–Kier alpha value is -0.260. The fourth-order valence-corrected chi connectivity index (χ4v) is 1.39. The van der Waals surface area contributed by atoms with E-state index in [-0.39, 0.29) is 17.9 Å².